The predicted molar refractivity (Wildman–Crippen MR) is 87.8 cm³/mol. The quantitative estimate of drug-likeness (QED) is 0.399. The molecule has 4 heteroatoms. The Morgan fingerprint density at radius 3 is 2.19 bits per heavy atom. The highest BCUT2D eigenvalue weighted by atomic mass is 16.5. The summed E-state index contributed by atoms with van der Waals surface area (Å²) in [6, 6.07) is 0. The third kappa shape index (κ3) is 19.4. The molecule has 0 aromatic rings. The summed E-state index contributed by atoms with van der Waals surface area (Å²) in [5.74, 6) is -0.700. The minimum atomic E-state index is -0.700. The van der Waals surface area contributed by atoms with Gasteiger partial charge in [-0.2, -0.15) is 0 Å². The number of aliphatic carboxylic acids is 1. The predicted octanol–water partition coefficient (Wildman–Crippen LogP) is 3.99. The van der Waals surface area contributed by atoms with Crippen LogP contribution < -0.4 is 5.32 Å². The summed E-state index contributed by atoms with van der Waals surface area (Å²) in [6.45, 7) is 5.85. The summed E-state index contributed by atoms with van der Waals surface area (Å²) >= 11 is 0. The molecule has 0 fully saturated rings. The highest BCUT2D eigenvalue weighted by molar-refractivity contribution is 5.66. The molecule has 0 saturated carbocycles. The van der Waals surface area contributed by atoms with E-state index in [0.717, 1.165) is 45.6 Å². The van der Waals surface area contributed by atoms with E-state index >= 15 is 0 Å². The third-order valence-corrected chi connectivity index (χ3v) is 3.53. The van der Waals surface area contributed by atoms with Gasteiger partial charge in [0, 0.05) is 19.6 Å². The summed E-state index contributed by atoms with van der Waals surface area (Å²) in [4.78, 5) is 10.3. The maximum atomic E-state index is 10.3. The fraction of sp³-hybridized carbons (Fsp3) is 0.941. The molecule has 4 nitrogen and oxygen atoms in total. The Hall–Kier alpha value is -0.610. The van der Waals surface area contributed by atoms with Gasteiger partial charge in [0.05, 0.1) is 0 Å². The van der Waals surface area contributed by atoms with E-state index in [2.05, 4.69) is 12.2 Å². The smallest absolute Gasteiger partial charge is 0.303 e. The lowest BCUT2D eigenvalue weighted by molar-refractivity contribution is -0.137. The zero-order chi connectivity index (χ0) is 15.6. The molecular formula is C17H35NO3. The topological polar surface area (TPSA) is 58.6 Å². The highest BCUT2D eigenvalue weighted by Crippen LogP contribution is 2.06. The first-order valence-electron chi connectivity index (χ1n) is 8.77. The molecule has 0 aliphatic rings. The highest BCUT2D eigenvalue weighted by Gasteiger charge is 1.96. The van der Waals surface area contributed by atoms with Gasteiger partial charge < -0.3 is 15.2 Å². The van der Waals surface area contributed by atoms with Crippen molar-refractivity contribution in [2.24, 2.45) is 0 Å². The molecular weight excluding hydrogens is 266 g/mol. The van der Waals surface area contributed by atoms with E-state index < -0.39 is 5.97 Å². The van der Waals surface area contributed by atoms with Crippen LogP contribution in [0, 0.1) is 0 Å². The van der Waals surface area contributed by atoms with Crippen LogP contribution >= 0.6 is 0 Å². The summed E-state index contributed by atoms with van der Waals surface area (Å²) < 4.78 is 5.60. The number of hydrogen-bond acceptors (Lipinski definition) is 3. The molecule has 0 aliphatic heterocycles. The molecule has 0 aromatic carbocycles. The van der Waals surface area contributed by atoms with Crippen molar-refractivity contribution in [2.45, 2.75) is 77.6 Å². The number of unbranched alkanes of at least 4 members (excludes halogenated alkanes) is 7. The molecule has 0 spiro atoms. The van der Waals surface area contributed by atoms with E-state index in [9.17, 15) is 4.79 Å². The van der Waals surface area contributed by atoms with E-state index in [1.807, 2.05) is 0 Å². The monoisotopic (exact) mass is 301 g/mol. The fourth-order valence-corrected chi connectivity index (χ4v) is 2.21. The molecule has 0 saturated heterocycles. The number of rotatable bonds is 17. The number of carboxylic acids is 1. The average molecular weight is 301 g/mol. The van der Waals surface area contributed by atoms with Gasteiger partial charge in [-0.25, -0.2) is 0 Å². The first-order chi connectivity index (χ1) is 10.3. The molecule has 0 amide bonds. The van der Waals surface area contributed by atoms with Crippen LogP contribution in [-0.4, -0.2) is 37.4 Å². The van der Waals surface area contributed by atoms with Crippen molar-refractivity contribution in [3.05, 3.63) is 0 Å². The number of ether oxygens (including phenoxy) is 1. The van der Waals surface area contributed by atoms with E-state index in [1.165, 1.54) is 44.9 Å². The van der Waals surface area contributed by atoms with Crippen molar-refractivity contribution in [3.8, 4) is 0 Å². The standard InChI is InChI=1S/C17H35NO3/c1-2-3-4-5-6-7-10-15-21-16-11-14-18-13-9-8-12-17(19)20/h18H,2-16H2,1H3,(H,19,20). The molecule has 126 valence electrons. The van der Waals surface area contributed by atoms with Crippen LogP contribution in [-0.2, 0) is 9.53 Å². The number of carbonyl (C=O) groups is 1. The van der Waals surface area contributed by atoms with Gasteiger partial charge in [-0.15, -0.1) is 0 Å². The molecule has 0 aromatic heterocycles. The van der Waals surface area contributed by atoms with Crippen LogP contribution in [0.4, 0.5) is 0 Å². The van der Waals surface area contributed by atoms with E-state index in [1.54, 1.807) is 0 Å². The Morgan fingerprint density at radius 2 is 1.48 bits per heavy atom. The molecule has 0 unspecified atom stereocenters. The van der Waals surface area contributed by atoms with Crippen LogP contribution in [0.5, 0.6) is 0 Å². The van der Waals surface area contributed by atoms with Crippen molar-refractivity contribution >= 4 is 5.97 Å². The number of carboxylic acid groups (broad SMARTS) is 1. The van der Waals surface area contributed by atoms with Gasteiger partial charge in [-0.05, 0) is 38.8 Å². The van der Waals surface area contributed by atoms with Gasteiger partial charge in [0.2, 0.25) is 0 Å². The van der Waals surface area contributed by atoms with Crippen LogP contribution in [0.3, 0.4) is 0 Å². The normalized spacial score (nSPS) is 10.9. The summed E-state index contributed by atoms with van der Waals surface area (Å²) in [7, 11) is 0. The molecule has 0 heterocycles. The van der Waals surface area contributed by atoms with Gasteiger partial charge in [0.1, 0.15) is 0 Å². The van der Waals surface area contributed by atoms with Crippen molar-refractivity contribution < 1.29 is 14.6 Å². The minimum absolute atomic E-state index is 0.281. The first-order valence-corrected chi connectivity index (χ1v) is 8.77. The summed E-state index contributed by atoms with van der Waals surface area (Å²) in [5.41, 5.74) is 0. The van der Waals surface area contributed by atoms with Gasteiger partial charge in [0.15, 0.2) is 0 Å². The van der Waals surface area contributed by atoms with Crippen LogP contribution in [0.15, 0.2) is 0 Å². The van der Waals surface area contributed by atoms with Crippen molar-refractivity contribution in [1.82, 2.24) is 5.32 Å². The minimum Gasteiger partial charge on any atom is -0.481 e. The van der Waals surface area contributed by atoms with Gasteiger partial charge in [-0.3, -0.25) is 4.79 Å². The van der Waals surface area contributed by atoms with Gasteiger partial charge in [-0.1, -0.05) is 45.4 Å². The molecule has 0 atom stereocenters. The molecule has 0 radical (unpaired) electrons. The van der Waals surface area contributed by atoms with Crippen LogP contribution in [0.2, 0.25) is 0 Å². The molecule has 2 N–H and O–H groups in total. The second-order valence-electron chi connectivity index (χ2n) is 5.69. The maximum absolute atomic E-state index is 10.3. The van der Waals surface area contributed by atoms with Crippen LogP contribution in [0.25, 0.3) is 0 Å². The zero-order valence-electron chi connectivity index (χ0n) is 13.9. The van der Waals surface area contributed by atoms with E-state index in [-0.39, 0.29) is 6.42 Å². The number of nitrogens with one attached hydrogen (secondary N) is 1. The second kappa shape index (κ2) is 17.4. The molecule has 0 bridgehead atoms. The molecule has 0 aliphatic carbocycles. The van der Waals surface area contributed by atoms with E-state index in [4.69, 9.17) is 9.84 Å². The first kappa shape index (κ1) is 20.4. The summed E-state index contributed by atoms with van der Waals surface area (Å²) in [5, 5.41) is 11.8. The van der Waals surface area contributed by atoms with Gasteiger partial charge in [0.25, 0.3) is 0 Å². The average Bonchev–Trinajstić information content (AvgIpc) is 2.46. The fourth-order valence-electron chi connectivity index (χ4n) is 2.21. The Bertz CT molecular complexity index is 222. The van der Waals surface area contributed by atoms with Crippen molar-refractivity contribution in [1.29, 1.82) is 0 Å². The largest absolute Gasteiger partial charge is 0.481 e. The molecule has 21 heavy (non-hydrogen) atoms. The summed E-state index contributed by atoms with van der Waals surface area (Å²) in [6.07, 6.45) is 12.3. The Kier molecular flexibility index (Phi) is 16.9. The van der Waals surface area contributed by atoms with Crippen molar-refractivity contribution in [2.75, 3.05) is 26.3 Å². The Balaban J connectivity index is 2.95. The van der Waals surface area contributed by atoms with Crippen LogP contribution in [0.1, 0.15) is 77.6 Å². The third-order valence-electron chi connectivity index (χ3n) is 3.53. The zero-order valence-corrected chi connectivity index (χ0v) is 13.9. The Morgan fingerprint density at radius 1 is 0.857 bits per heavy atom. The maximum Gasteiger partial charge on any atom is 0.303 e. The lowest BCUT2D eigenvalue weighted by Crippen LogP contribution is -2.18. The molecule has 0 rings (SSSR count). The SMILES string of the molecule is CCCCCCCCCOCCCNCCCCC(=O)O. The van der Waals surface area contributed by atoms with E-state index in [0.29, 0.717) is 0 Å². The van der Waals surface area contributed by atoms with Gasteiger partial charge >= 0.3 is 5.97 Å². The Labute approximate surface area is 130 Å². The van der Waals surface area contributed by atoms with Crippen molar-refractivity contribution in [3.63, 3.8) is 0 Å². The number of hydrogen-bond donors (Lipinski definition) is 2. The lowest BCUT2D eigenvalue weighted by atomic mass is 10.1. The second-order valence-corrected chi connectivity index (χ2v) is 5.69. The lowest BCUT2D eigenvalue weighted by Gasteiger charge is -2.06.